The second kappa shape index (κ2) is 4.09. The minimum absolute atomic E-state index is 0.0439. The van der Waals surface area contributed by atoms with Crippen LogP contribution in [0.2, 0.25) is 0 Å². The summed E-state index contributed by atoms with van der Waals surface area (Å²) in [6.07, 6.45) is 2.46. The molecular formula is C15H20N2O. The number of carbonyl (C=O) groups excluding carboxylic acids is 1. The van der Waals surface area contributed by atoms with Crippen LogP contribution in [0.3, 0.4) is 0 Å². The van der Waals surface area contributed by atoms with Crippen molar-refractivity contribution in [2.45, 2.75) is 38.8 Å². The molecular weight excluding hydrogens is 224 g/mol. The summed E-state index contributed by atoms with van der Waals surface area (Å²) in [7, 11) is 0. The highest BCUT2D eigenvalue weighted by molar-refractivity contribution is 5.94. The Labute approximate surface area is 108 Å². The van der Waals surface area contributed by atoms with Gasteiger partial charge in [0.25, 0.3) is 0 Å². The second-order valence-electron chi connectivity index (χ2n) is 5.66. The van der Waals surface area contributed by atoms with E-state index < -0.39 is 0 Å². The van der Waals surface area contributed by atoms with Crippen LogP contribution in [0.1, 0.15) is 38.3 Å². The maximum absolute atomic E-state index is 12.0. The maximum atomic E-state index is 12.0. The molecule has 0 spiro atoms. The van der Waals surface area contributed by atoms with Gasteiger partial charge < -0.3 is 10.6 Å². The third-order valence-corrected chi connectivity index (χ3v) is 4.40. The Morgan fingerprint density at radius 3 is 2.61 bits per heavy atom. The first-order chi connectivity index (χ1) is 8.61. The topological polar surface area (TPSA) is 46.3 Å². The lowest BCUT2D eigenvalue weighted by Crippen LogP contribution is -2.51. The molecule has 3 heteroatoms. The summed E-state index contributed by atoms with van der Waals surface area (Å²) >= 11 is 0. The monoisotopic (exact) mass is 244 g/mol. The predicted octanol–water partition coefficient (Wildman–Crippen LogP) is 2.47. The number of rotatable bonds is 1. The van der Waals surface area contributed by atoms with E-state index in [9.17, 15) is 4.79 Å². The normalized spacial score (nSPS) is 31.1. The number of hydrogen-bond acceptors (Lipinski definition) is 2. The molecule has 1 fully saturated rings. The summed E-state index contributed by atoms with van der Waals surface area (Å²) in [4.78, 5) is 14.0. The van der Waals surface area contributed by atoms with Crippen molar-refractivity contribution >= 4 is 11.6 Å². The minimum Gasteiger partial charge on any atom is -0.324 e. The van der Waals surface area contributed by atoms with Gasteiger partial charge in [-0.3, -0.25) is 4.79 Å². The van der Waals surface area contributed by atoms with E-state index in [-0.39, 0.29) is 18.0 Å². The molecule has 1 aliphatic carbocycles. The van der Waals surface area contributed by atoms with Crippen LogP contribution < -0.4 is 10.6 Å². The lowest BCUT2D eigenvalue weighted by Gasteiger charge is -2.44. The Kier molecular flexibility index (Phi) is 2.67. The molecule has 1 saturated carbocycles. The third-order valence-electron chi connectivity index (χ3n) is 4.40. The number of anilines is 1. The Bertz CT molecular complexity index is 481. The van der Waals surface area contributed by atoms with E-state index in [1.165, 1.54) is 12.8 Å². The van der Waals surface area contributed by atoms with E-state index in [2.05, 4.69) is 13.0 Å². The molecule has 2 N–H and O–H groups in total. The van der Waals surface area contributed by atoms with E-state index in [1.807, 2.05) is 23.1 Å². The van der Waals surface area contributed by atoms with Crippen molar-refractivity contribution in [2.24, 2.45) is 17.6 Å². The first kappa shape index (κ1) is 11.7. The van der Waals surface area contributed by atoms with Crippen LogP contribution in [0, 0.1) is 11.8 Å². The fourth-order valence-corrected chi connectivity index (χ4v) is 3.34. The van der Waals surface area contributed by atoms with E-state index in [0.717, 1.165) is 11.3 Å². The third kappa shape index (κ3) is 1.65. The molecule has 1 aromatic carbocycles. The number of para-hydroxylation sites is 1. The van der Waals surface area contributed by atoms with Crippen LogP contribution in [-0.4, -0.2) is 11.9 Å². The maximum Gasteiger partial charge on any atom is 0.224 e. The molecule has 1 heterocycles. The Morgan fingerprint density at radius 2 is 2.00 bits per heavy atom. The van der Waals surface area contributed by atoms with Crippen LogP contribution in [0.5, 0.6) is 0 Å². The minimum atomic E-state index is 0.0439. The first-order valence-electron chi connectivity index (χ1n) is 6.75. The van der Waals surface area contributed by atoms with E-state index >= 15 is 0 Å². The van der Waals surface area contributed by atoms with E-state index in [4.69, 9.17) is 5.73 Å². The zero-order valence-corrected chi connectivity index (χ0v) is 11.0. The van der Waals surface area contributed by atoms with Gasteiger partial charge in [-0.1, -0.05) is 25.1 Å². The van der Waals surface area contributed by atoms with Crippen molar-refractivity contribution in [1.29, 1.82) is 0 Å². The van der Waals surface area contributed by atoms with Crippen molar-refractivity contribution in [3.8, 4) is 0 Å². The van der Waals surface area contributed by atoms with Crippen LogP contribution in [-0.2, 0) is 4.79 Å². The summed E-state index contributed by atoms with van der Waals surface area (Å²) in [5, 5.41) is 0. The molecule has 18 heavy (non-hydrogen) atoms. The highest BCUT2D eigenvalue weighted by Gasteiger charge is 2.46. The zero-order chi connectivity index (χ0) is 12.9. The van der Waals surface area contributed by atoms with Crippen molar-refractivity contribution in [2.75, 3.05) is 4.90 Å². The van der Waals surface area contributed by atoms with Gasteiger partial charge in [-0.2, -0.15) is 0 Å². The highest BCUT2D eigenvalue weighted by atomic mass is 16.2. The summed E-state index contributed by atoms with van der Waals surface area (Å²) in [5.74, 6) is 1.11. The molecule has 1 unspecified atom stereocenters. The number of carbonyl (C=O) groups is 1. The fraction of sp³-hybridized carbons (Fsp3) is 0.533. The van der Waals surface area contributed by atoms with Crippen molar-refractivity contribution in [3.63, 3.8) is 0 Å². The fourth-order valence-electron chi connectivity index (χ4n) is 3.34. The summed E-state index contributed by atoms with van der Waals surface area (Å²) < 4.78 is 0. The van der Waals surface area contributed by atoms with Crippen LogP contribution in [0.4, 0.5) is 5.69 Å². The number of benzene rings is 1. The summed E-state index contributed by atoms with van der Waals surface area (Å²) in [5.41, 5.74) is 8.50. The molecule has 0 saturated heterocycles. The lowest BCUT2D eigenvalue weighted by molar-refractivity contribution is -0.117. The number of nitrogens with two attached hydrogens (primary N) is 1. The molecule has 96 valence electrons. The average Bonchev–Trinajstić information content (AvgIpc) is 3.17. The largest absolute Gasteiger partial charge is 0.324 e. The van der Waals surface area contributed by atoms with Gasteiger partial charge in [-0.05, 0) is 36.3 Å². The van der Waals surface area contributed by atoms with Gasteiger partial charge in [-0.15, -0.1) is 0 Å². The molecule has 3 atom stereocenters. The van der Waals surface area contributed by atoms with Crippen molar-refractivity contribution in [3.05, 3.63) is 29.8 Å². The summed E-state index contributed by atoms with van der Waals surface area (Å²) in [6.45, 7) is 3.84. The van der Waals surface area contributed by atoms with Gasteiger partial charge in [-0.25, -0.2) is 0 Å². The number of fused-ring (bicyclic) bond motifs is 1. The Balaban J connectivity index is 2.11. The van der Waals surface area contributed by atoms with Crippen LogP contribution in [0.15, 0.2) is 24.3 Å². The molecule has 0 aromatic heterocycles. The second-order valence-corrected chi connectivity index (χ2v) is 5.66. The Hall–Kier alpha value is -1.35. The molecule has 1 aromatic rings. The van der Waals surface area contributed by atoms with Crippen molar-refractivity contribution < 1.29 is 4.79 Å². The molecule has 3 rings (SSSR count). The SMILES string of the molecule is CC(=O)N1c2ccccc2[C@H](N)[C@@H](C)C1C1CC1. The van der Waals surface area contributed by atoms with E-state index in [0.29, 0.717) is 11.8 Å². The molecule has 2 aliphatic rings. The molecule has 1 aliphatic heterocycles. The molecule has 1 amide bonds. The smallest absolute Gasteiger partial charge is 0.224 e. The van der Waals surface area contributed by atoms with Crippen LogP contribution in [0.25, 0.3) is 0 Å². The quantitative estimate of drug-likeness (QED) is 0.825. The van der Waals surface area contributed by atoms with Gasteiger partial charge in [0.1, 0.15) is 0 Å². The van der Waals surface area contributed by atoms with Gasteiger partial charge in [0.15, 0.2) is 0 Å². The van der Waals surface area contributed by atoms with Gasteiger partial charge >= 0.3 is 0 Å². The number of hydrogen-bond donors (Lipinski definition) is 1. The van der Waals surface area contributed by atoms with Crippen molar-refractivity contribution in [1.82, 2.24) is 0 Å². The highest BCUT2D eigenvalue weighted by Crippen LogP contribution is 2.48. The van der Waals surface area contributed by atoms with Gasteiger partial charge in [0.05, 0.1) is 0 Å². The first-order valence-corrected chi connectivity index (χ1v) is 6.75. The number of nitrogens with zero attached hydrogens (tertiary/aromatic N) is 1. The summed E-state index contributed by atoms with van der Waals surface area (Å²) in [6, 6.07) is 8.39. The zero-order valence-electron chi connectivity index (χ0n) is 11.0. The lowest BCUT2D eigenvalue weighted by atomic mass is 9.80. The predicted molar refractivity (Wildman–Crippen MR) is 72.2 cm³/mol. The molecule has 0 radical (unpaired) electrons. The molecule has 3 nitrogen and oxygen atoms in total. The molecule has 0 bridgehead atoms. The number of amides is 1. The van der Waals surface area contributed by atoms with Gasteiger partial charge in [0.2, 0.25) is 5.91 Å². The van der Waals surface area contributed by atoms with E-state index in [1.54, 1.807) is 6.92 Å². The Morgan fingerprint density at radius 1 is 1.33 bits per heavy atom. The standard InChI is InChI=1S/C15H20N2O/c1-9-14(16)12-5-3-4-6-13(12)17(10(2)18)15(9)11-7-8-11/h3-6,9,11,14-15H,7-8,16H2,1-2H3/t9-,14-,15?/m1/s1. The van der Waals surface area contributed by atoms with Crippen LogP contribution >= 0.6 is 0 Å². The van der Waals surface area contributed by atoms with Gasteiger partial charge in [0, 0.05) is 24.7 Å². The average molecular weight is 244 g/mol.